The highest BCUT2D eigenvalue weighted by Gasteiger charge is 2.31. The van der Waals surface area contributed by atoms with Crippen LogP contribution in [0.3, 0.4) is 0 Å². The zero-order valence-electron chi connectivity index (χ0n) is 19.4. The summed E-state index contributed by atoms with van der Waals surface area (Å²) in [5.74, 6) is 2.21. The number of tetrazole rings is 1. The van der Waals surface area contributed by atoms with Gasteiger partial charge in [-0.05, 0) is 53.7 Å². The average molecular weight is 489 g/mol. The standard InChI is InChI=1S/C22H28N6O5S/c1-4-33-18-7-5-17(6-8-18)28-22(23-24-25-28)16-26-11-13-27(14-12-26)34(29,30)21-15-19(31-2)9-10-20(21)32-3/h5-10,15H,4,11-14,16H2,1-3H3. The molecule has 1 aromatic heterocycles. The molecule has 182 valence electrons. The van der Waals surface area contributed by atoms with Gasteiger partial charge in [0.05, 0.1) is 33.1 Å². The first-order chi connectivity index (χ1) is 16.5. The summed E-state index contributed by atoms with van der Waals surface area (Å²) in [6, 6.07) is 12.3. The van der Waals surface area contributed by atoms with Crippen molar-refractivity contribution in [2.24, 2.45) is 0 Å². The van der Waals surface area contributed by atoms with E-state index < -0.39 is 10.0 Å². The van der Waals surface area contributed by atoms with E-state index in [1.54, 1.807) is 16.8 Å². The smallest absolute Gasteiger partial charge is 0.246 e. The van der Waals surface area contributed by atoms with Crippen LogP contribution in [0.1, 0.15) is 12.7 Å². The summed E-state index contributed by atoms with van der Waals surface area (Å²) in [4.78, 5) is 2.23. The molecule has 4 rings (SSSR count). The van der Waals surface area contributed by atoms with Gasteiger partial charge in [0.15, 0.2) is 5.82 Å². The maximum atomic E-state index is 13.3. The Balaban J connectivity index is 1.43. The lowest BCUT2D eigenvalue weighted by Gasteiger charge is -2.33. The van der Waals surface area contributed by atoms with E-state index in [-0.39, 0.29) is 10.6 Å². The zero-order valence-corrected chi connectivity index (χ0v) is 20.2. The molecule has 1 fully saturated rings. The van der Waals surface area contributed by atoms with Crippen LogP contribution in [0.15, 0.2) is 47.4 Å². The molecule has 0 amide bonds. The summed E-state index contributed by atoms with van der Waals surface area (Å²) in [7, 11) is -0.789. The quantitative estimate of drug-likeness (QED) is 0.443. The average Bonchev–Trinajstić information content (AvgIpc) is 3.32. The molecule has 34 heavy (non-hydrogen) atoms. The molecule has 0 spiro atoms. The van der Waals surface area contributed by atoms with Crippen LogP contribution in [-0.2, 0) is 16.6 Å². The largest absolute Gasteiger partial charge is 0.497 e. The third-order valence-corrected chi connectivity index (χ3v) is 7.53. The number of hydrogen-bond acceptors (Lipinski definition) is 9. The Hall–Kier alpha value is -3.22. The van der Waals surface area contributed by atoms with E-state index in [4.69, 9.17) is 14.2 Å². The minimum atomic E-state index is -3.74. The molecule has 0 radical (unpaired) electrons. The molecule has 0 aliphatic carbocycles. The van der Waals surface area contributed by atoms with E-state index in [9.17, 15) is 8.42 Å². The third kappa shape index (κ3) is 4.98. The number of aromatic nitrogens is 4. The molecule has 0 unspecified atom stereocenters. The number of hydrogen-bond donors (Lipinski definition) is 0. The van der Waals surface area contributed by atoms with Gasteiger partial charge in [-0.15, -0.1) is 5.10 Å². The van der Waals surface area contributed by atoms with E-state index in [0.29, 0.717) is 50.9 Å². The van der Waals surface area contributed by atoms with Crippen LogP contribution in [-0.4, -0.2) is 84.8 Å². The second-order valence-electron chi connectivity index (χ2n) is 7.63. The molecule has 0 N–H and O–H groups in total. The first-order valence-electron chi connectivity index (χ1n) is 10.9. The number of ether oxygens (including phenoxy) is 3. The molecule has 2 aromatic carbocycles. The van der Waals surface area contributed by atoms with Crippen molar-refractivity contribution >= 4 is 10.0 Å². The van der Waals surface area contributed by atoms with E-state index in [1.165, 1.54) is 24.6 Å². The Bertz CT molecular complexity index is 1210. The van der Waals surface area contributed by atoms with E-state index in [1.807, 2.05) is 31.2 Å². The van der Waals surface area contributed by atoms with Crippen LogP contribution in [0.5, 0.6) is 17.2 Å². The van der Waals surface area contributed by atoms with Gasteiger partial charge in [-0.2, -0.15) is 8.99 Å². The normalized spacial score (nSPS) is 15.3. The first kappa shape index (κ1) is 23.9. The topological polar surface area (TPSA) is 112 Å². The predicted octanol–water partition coefficient (Wildman–Crippen LogP) is 1.58. The fourth-order valence-corrected chi connectivity index (χ4v) is 5.40. The minimum Gasteiger partial charge on any atom is -0.497 e. The fraction of sp³-hybridized carbons (Fsp3) is 0.409. The number of piperazine rings is 1. The first-order valence-corrected chi connectivity index (χ1v) is 12.3. The summed E-state index contributed by atoms with van der Waals surface area (Å²) in [6.07, 6.45) is 0. The second kappa shape index (κ2) is 10.4. The maximum Gasteiger partial charge on any atom is 0.246 e. The van der Waals surface area contributed by atoms with Gasteiger partial charge in [-0.1, -0.05) is 0 Å². The Morgan fingerprint density at radius 1 is 0.941 bits per heavy atom. The Labute approximate surface area is 198 Å². The number of rotatable bonds is 9. The van der Waals surface area contributed by atoms with Gasteiger partial charge in [0.25, 0.3) is 0 Å². The molecule has 1 aliphatic heterocycles. The van der Waals surface area contributed by atoms with Crippen LogP contribution in [0.4, 0.5) is 0 Å². The highest BCUT2D eigenvalue weighted by Crippen LogP contribution is 2.31. The molecule has 0 atom stereocenters. The maximum absolute atomic E-state index is 13.3. The van der Waals surface area contributed by atoms with Crippen LogP contribution < -0.4 is 14.2 Å². The van der Waals surface area contributed by atoms with Gasteiger partial charge in [0, 0.05) is 32.2 Å². The molecule has 3 aromatic rings. The van der Waals surface area contributed by atoms with Gasteiger partial charge in [0.2, 0.25) is 10.0 Å². The van der Waals surface area contributed by atoms with Gasteiger partial charge in [-0.25, -0.2) is 8.42 Å². The number of benzene rings is 2. The van der Waals surface area contributed by atoms with Crippen LogP contribution >= 0.6 is 0 Å². The van der Waals surface area contributed by atoms with Crippen molar-refractivity contribution in [1.82, 2.24) is 29.4 Å². The lowest BCUT2D eigenvalue weighted by atomic mass is 10.3. The zero-order chi connectivity index (χ0) is 24.1. The molecule has 2 heterocycles. The lowest BCUT2D eigenvalue weighted by Crippen LogP contribution is -2.48. The Morgan fingerprint density at radius 2 is 1.65 bits per heavy atom. The molecular formula is C22H28N6O5S. The molecular weight excluding hydrogens is 460 g/mol. The van der Waals surface area contributed by atoms with Crippen LogP contribution in [0, 0.1) is 0 Å². The van der Waals surface area contributed by atoms with Crippen molar-refractivity contribution in [3.8, 4) is 22.9 Å². The van der Waals surface area contributed by atoms with Crippen LogP contribution in [0.2, 0.25) is 0 Å². The summed E-state index contributed by atoms with van der Waals surface area (Å²) >= 11 is 0. The highest BCUT2D eigenvalue weighted by atomic mass is 32.2. The fourth-order valence-electron chi connectivity index (χ4n) is 3.81. The van der Waals surface area contributed by atoms with Crippen molar-refractivity contribution in [3.63, 3.8) is 0 Å². The summed E-state index contributed by atoms with van der Waals surface area (Å²) in [5.41, 5.74) is 0.829. The monoisotopic (exact) mass is 488 g/mol. The number of methoxy groups -OCH3 is 2. The number of nitrogens with zero attached hydrogens (tertiary/aromatic N) is 6. The minimum absolute atomic E-state index is 0.0993. The third-order valence-electron chi connectivity index (χ3n) is 5.61. The predicted molar refractivity (Wildman–Crippen MR) is 124 cm³/mol. The van der Waals surface area contributed by atoms with Crippen LogP contribution in [0.25, 0.3) is 5.69 Å². The van der Waals surface area contributed by atoms with E-state index in [2.05, 4.69) is 20.4 Å². The summed E-state index contributed by atoms with van der Waals surface area (Å²) in [6.45, 7) is 4.80. The molecule has 11 nitrogen and oxygen atoms in total. The SMILES string of the molecule is CCOc1ccc(-n2nnnc2CN2CCN(S(=O)(=O)c3cc(OC)ccc3OC)CC2)cc1. The van der Waals surface area contributed by atoms with Gasteiger partial charge in [0.1, 0.15) is 22.1 Å². The van der Waals surface area contributed by atoms with Crippen molar-refractivity contribution < 1.29 is 22.6 Å². The molecule has 0 saturated carbocycles. The molecule has 12 heteroatoms. The highest BCUT2D eigenvalue weighted by molar-refractivity contribution is 7.89. The van der Waals surface area contributed by atoms with Gasteiger partial charge < -0.3 is 14.2 Å². The van der Waals surface area contributed by atoms with E-state index in [0.717, 1.165) is 11.4 Å². The Morgan fingerprint density at radius 3 is 2.29 bits per heavy atom. The van der Waals surface area contributed by atoms with Crippen molar-refractivity contribution in [2.75, 3.05) is 47.0 Å². The van der Waals surface area contributed by atoms with Gasteiger partial charge >= 0.3 is 0 Å². The summed E-state index contributed by atoms with van der Waals surface area (Å²) in [5, 5.41) is 12.1. The van der Waals surface area contributed by atoms with Crippen molar-refractivity contribution in [3.05, 3.63) is 48.3 Å². The second-order valence-corrected chi connectivity index (χ2v) is 9.54. The van der Waals surface area contributed by atoms with Gasteiger partial charge in [-0.3, -0.25) is 4.90 Å². The number of sulfonamides is 1. The summed E-state index contributed by atoms with van der Waals surface area (Å²) < 4.78 is 45.7. The molecule has 1 aliphatic rings. The van der Waals surface area contributed by atoms with E-state index >= 15 is 0 Å². The molecule has 1 saturated heterocycles. The lowest BCUT2D eigenvalue weighted by molar-refractivity contribution is 0.176. The molecule has 0 bridgehead atoms. The van der Waals surface area contributed by atoms with Crippen molar-refractivity contribution in [1.29, 1.82) is 0 Å². The van der Waals surface area contributed by atoms with Crippen molar-refractivity contribution in [2.45, 2.75) is 18.4 Å². The Kier molecular flexibility index (Phi) is 7.29.